The van der Waals surface area contributed by atoms with E-state index in [1.807, 2.05) is 25.1 Å². The lowest BCUT2D eigenvalue weighted by Gasteiger charge is -2.11. The maximum atomic E-state index is 10.9. The zero-order valence-electron chi connectivity index (χ0n) is 14.7. The lowest BCUT2D eigenvalue weighted by molar-refractivity contribution is 0.0697. The Bertz CT molecular complexity index is 923. The van der Waals surface area contributed by atoms with Gasteiger partial charge in [0.15, 0.2) is 0 Å². The number of aromatic nitrogens is 2. The standard InChI is InChI=1S/C20H20N4O2/c1-13-5-3-4-6-16(13)12-21-20-22-14(2)11-18(24-20)23-17-9-7-15(8-10-17)19(25)26/h3-11H,12H2,1-2H3,(H,25,26)(H2,21,22,23,24). The van der Waals surface area contributed by atoms with Gasteiger partial charge in [0.25, 0.3) is 0 Å². The minimum absolute atomic E-state index is 0.245. The van der Waals surface area contributed by atoms with Crippen LogP contribution in [0, 0.1) is 13.8 Å². The molecule has 1 aromatic heterocycles. The molecule has 0 aliphatic heterocycles. The van der Waals surface area contributed by atoms with Crippen molar-refractivity contribution in [2.75, 3.05) is 10.6 Å². The Balaban J connectivity index is 1.73. The summed E-state index contributed by atoms with van der Waals surface area (Å²) >= 11 is 0. The minimum Gasteiger partial charge on any atom is -0.478 e. The first-order valence-electron chi connectivity index (χ1n) is 8.26. The second-order valence-electron chi connectivity index (χ2n) is 6.01. The number of benzene rings is 2. The Hall–Kier alpha value is -3.41. The molecule has 132 valence electrons. The van der Waals surface area contributed by atoms with Crippen molar-refractivity contribution in [3.8, 4) is 0 Å². The average molecular weight is 348 g/mol. The van der Waals surface area contributed by atoms with E-state index < -0.39 is 5.97 Å². The van der Waals surface area contributed by atoms with Crippen molar-refractivity contribution >= 4 is 23.4 Å². The van der Waals surface area contributed by atoms with Crippen molar-refractivity contribution in [1.29, 1.82) is 0 Å². The summed E-state index contributed by atoms with van der Waals surface area (Å²) in [6.45, 7) is 4.62. The molecule has 0 saturated heterocycles. The molecule has 0 amide bonds. The van der Waals surface area contributed by atoms with Crippen LogP contribution in [-0.4, -0.2) is 21.0 Å². The summed E-state index contributed by atoms with van der Waals surface area (Å²) in [4.78, 5) is 19.8. The zero-order valence-corrected chi connectivity index (χ0v) is 14.7. The average Bonchev–Trinajstić information content (AvgIpc) is 2.61. The van der Waals surface area contributed by atoms with E-state index in [9.17, 15) is 4.79 Å². The van der Waals surface area contributed by atoms with Gasteiger partial charge in [0.2, 0.25) is 5.95 Å². The van der Waals surface area contributed by atoms with Crippen molar-refractivity contribution in [3.63, 3.8) is 0 Å². The molecule has 0 spiro atoms. The van der Waals surface area contributed by atoms with Gasteiger partial charge in [-0.15, -0.1) is 0 Å². The van der Waals surface area contributed by atoms with Gasteiger partial charge < -0.3 is 15.7 Å². The number of anilines is 3. The van der Waals surface area contributed by atoms with Gasteiger partial charge in [0.05, 0.1) is 5.56 Å². The second kappa shape index (κ2) is 7.65. The first-order chi connectivity index (χ1) is 12.5. The summed E-state index contributed by atoms with van der Waals surface area (Å²) in [6, 6.07) is 16.5. The van der Waals surface area contributed by atoms with Crippen LogP contribution in [0.1, 0.15) is 27.2 Å². The number of aryl methyl sites for hydroxylation is 2. The van der Waals surface area contributed by atoms with Gasteiger partial charge in [-0.3, -0.25) is 0 Å². The van der Waals surface area contributed by atoms with Crippen LogP contribution in [0.25, 0.3) is 0 Å². The number of carboxylic acids is 1. The highest BCUT2D eigenvalue weighted by Gasteiger charge is 2.06. The van der Waals surface area contributed by atoms with Crippen molar-refractivity contribution in [2.24, 2.45) is 0 Å². The number of hydrogen-bond donors (Lipinski definition) is 3. The highest BCUT2D eigenvalue weighted by atomic mass is 16.4. The molecule has 26 heavy (non-hydrogen) atoms. The molecule has 0 unspecified atom stereocenters. The van der Waals surface area contributed by atoms with Gasteiger partial charge in [0, 0.05) is 24.0 Å². The van der Waals surface area contributed by atoms with E-state index in [1.54, 1.807) is 24.3 Å². The molecule has 0 saturated carbocycles. The molecular weight excluding hydrogens is 328 g/mol. The molecule has 0 radical (unpaired) electrons. The van der Waals surface area contributed by atoms with E-state index in [1.165, 1.54) is 11.1 Å². The Morgan fingerprint density at radius 1 is 1.04 bits per heavy atom. The number of rotatable bonds is 6. The van der Waals surface area contributed by atoms with Gasteiger partial charge in [-0.05, 0) is 49.2 Å². The van der Waals surface area contributed by atoms with Gasteiger partial charge in [-0.25, -0.2) is 9.78 Å². The molecule has 0 aliphatic rings. The van der Waals surface area contributed by atoms with Gasteiger partial charge in [0.1, 0.15) is 5.82 Å². The number of carbonyl (C=O) groups is 1. The third kappa shape index (κ3) is 4.36. The second-order valence-corrected chi connectivity index (χ2v) is 6.01. The molecule has 3 N–H and O–H groups in total. The number of hydrogen-bond acceptors (Lipinski definition) is 5. The summed E-state index contributed by atoms with van der Waals surface area (Å²) in [7, 11) is 0. The van der Waals surface area contributed by atoms with Gasteiger partial charge in [-0.1, -0.05) is 24.3 Å². The Kier molecular flexibility index (Phi) is 5.12. The molecule has 6 heteroatoms. The van der Waals surface area contributed by atoms with Crippen molar-refractivity contribution in [1.82, 2.24) is 9.97 Å². The van der Waals surface area contributed by atoms with Crippen molar-refractivity contribution in [2.45, 2.75) is 20.4 Å². The van der Waals surface area contributed by atoms with E-state index in [2.05, 4.69) is 39.7 Å². The summed E-state index contributed by atoms with van der Waals surface area (Å²) in [5.74, 6) is 0.239. The van der Waals surface area contributed by atoms with E-state index in [0.717, 1.165) is 11.4 Å². The van der Waals surface area contributed by atoms with Crippen LogP contribution < -0.4 is 10.6 Å². The van der Waals surface area contributed by atoms with E-state index in [4.69, 9.17) is 5.11 Å². The van der Waals surface area contributed by atoms with Gasteiger partial charge in [-0.2, -0.15) is 4.98 Å². The van der Waals surface area contributed by atoms with Crippen LogP contribution in [0.4, 0.5) is 17.5 Å². The monoisotopic (exact) mass is 348 g/mol. The molecule has 2 aromatic carbocycles. The normalized spacial score (nSPS) is 10.4. The van der Waals surface area contributed by atoms with E-state index in [0.29, 0.717) is 18.3 Å². The Morgan fingerprint density at radius 2 is 1.77 bits per heavy atom. The highest BCUT2D eigenvalue weighted by Crippen LogP contribution is 2.18. The van der Waals surface area contributed by atoms with Crippen LogP contribution in [0.15, 0.2) is 54.6 Å². The summed E-state index contributed by atoms with van der Waals surface area (Å²) < 4.78 is 0. The molecule has 0 bridgehead atoms. The molecule has 6 nitrogen and oxygen atoms in total. The number of aromatic carboxylic acids is 1. The largest absolute Gasteiger partial charge is 0.478 e. The third-order valence-electron chi connectivity index (χ3n) is 3.96. The van der Waals surface area contributed by atoms with Crippen LogP contribution in [0.3, 0.4) is 0 Å². The third-order valence-corrected chi connectivity index (χ3v) is 3.96. The Morgan fingerprint density at radius 3 is 2.46 bits per heavy atom. The topological polar surface area (TPSA) is 87.1 Å². The summed E-state index contributed by atoms with van der Waals surface area (Å²) in [5, 5.41) is 15.4. The first-order valence-corrected chi connectivity index (χ1v) is 8.26. The quantitative estimate of drug-likeness (QED) is 0.620. The SMILES string of the molecule is Cc1cc(Nc2ccc(C(=O)O)cc2)nc(NCc2ccccc2C)n1. The number of nitrogens with one attached hydrogen (secondary N) is 2. The van der Waals surface area contributed by atoms with Crippen LogP contribution in [-0.2, 0) is 6.54 Å². The molecular formula is C20H20N4O2. The fourth-order valence-electron chi connectivity index (χ4n) is 2.54. The molecule has 3 aromatic rings. The number of carboxylic acid groups (broad SMARTS) is 1. The maximum absolute atomic E-state index is 10.9. The van der Waals surface area contributed by atoms with Crippen LogP contribution in [0.2, 0.25) is 0 Å². The van der Waals surface area contributed by atoms with Crippen molar-refractivity contribution < 1.29 is 9.90 Å². The molecule has 0 aliphatic carbocycles. The Labute approximate surface area is 152 Å². The lowest BCUT2D eigenvalue weighted by Crippen LogP contribution is -2.07. The maximum Gasteiger partial charge on any atom is 0.335 e. The fourth-order valence-corrected chi connectivity index (χ4v) is 2.54. The van der Waals surface area contributed by atoms with Crippen LogP contribution >= 0.6 is 0 Å². The predicted molar refractivity (Wildman–Crippen MR) is 102 cm³/mol. The fraction of sp³-hybridized carbons (Fsp3) is 0.150. The highest BCUT2D eigenvalue weighted by molar-refractivity contribution is 5.88. The summed E-state index contributed by atoms with van der Waals surface area (Å²) in [6.07, 6.45) is 0. The van der Waals surface area contributed by atoms with E-state index in [-0.39, 0.29) is 5.56 Å². The molecule has 1 heterocycles. The van der Waals surface area contributed by atoms with E-state index >= 15 is 0 Å². The molecule has 0 atom stereocenters. The van der Waals surface area contributed by atoms with Gasteiger partial charge >= 0.3 is 5.97 Å². The first kappa shape index (κ1) is 17.4. The molecule has 3 rings (SSSR count). The predicted octanol–water partition coefficient (Wildman–Crippen LogP) is 4.15. The summed E-state index contributed by atoms with van der Waals surface area (Å²) in [5.41, 5.74) is 4.24. The van der Waals surface area contributed by atoms with Crippen molar-refractivity contribution in [3.05, 3.63) is 77.0 Å². The lowest BCUT2D eigenvalue weighted by atomic mass is 10.1. The smallest absolute Gasteiger partial charge is 0.335 e. The number of nitrogens with zero attached hydrogens (tertiary/aromatic N) is 2. The zero-order chi connectivity index (χ0) is 18.5. The molecule has 0 fully saturated rings. The minimum atomic E-state index is -0.947. The van der Waals surface area contributed by atoms with Crippen LogP contribution in [0.5, 0.6) is 0 Å².